The molecule has 1 aliphatic heterocycles. The van der Waals surface area contributed by atoms with Crippen LogP contribution in [0.5, 0.6) is 0 Å². The summed E-state index contributed by atoms with van der Waals surface area (Å²) in [6, 6.07) is 14.6. The minimum Gasteiger partial charge on any atom is -0.347 e. The van der Waals surface area contributed by atoms with Gasteiger partial charge in [-0.2, -0.15) is 0 Å². The monoisotopic (exact) mass is 387 g/mol. The molecule has 3 aromatic rings. The lowest BCUT2D eigenvalue weighted by Crippen LogP contribution is -2.44. The van der Waals surface area contributed by atoms with Gasteiger partial charge >= 0.3 is 0 Å². The van der Waals surface area contributed by atoms with Crippen molar-refractivity contribution in [3.05, 3.63) is 75.2 Å². The molecule has 4 rings (SSSR count). The molecule has 1 N–H and O–H groups in total. The van der Waals surface area contributed by atoms with E-state index in [1.807, 2.05) is 25.1 Å². The normalized spacial score (nSPS) is 16.6. The maximum absolute atomic E-state index is 6.25. The van der Waals surface area contributed by atoms with Gasteiger partial charge in [0, 0.05) is 40.6 Å². The molecule has 2 aromatic heterocycles. The minimum atomic E-state index is 0.142. The van der Waals surface area contributed by atoms with E-state index >= 15 is 0 Å². The van der Waals surface area contributed by atoms with Crippen molar-refractivity contribution in [2.24, 2.45) is 0 Å². The smallest absolute Gasteiger partial charge is 0.174 e. The summed E-state index contributed by atoms with van der Waals surface area (Å²) in [5.41, 5.74) is 3.25. The highest BCUT2D eigenvalue weighted by atomic mass is 35.5. The molecule has 0 fully saturated rings. The zero-order valence-electron chi connectivity index (χ0n) is 13.8. The summed E-state index contributed by atoms with van der Waals surface area (Å²) < 4.78 is 2.31. The molecule has 0 spiro atoms. The lowest BCUT2D eigenvalue weighted by Gasteiger charge is -2.38. The van der Waals surface area contributed by atoms with Crippen LogP contribution in [0.1, 0.15) is 22.2 Å². The quantitative estimate of drug-likeness (QED) is 0.601. The molecule has 0 saturated heterocycles. The van der Waals surface area contributed by atoms with Crippen LogP contribution in [0.25, 0.3) is 0 Å². The molecular weight excluding hydrogens is 370 g/mol. The van der Waals surface area contributed by atoms with E-state index in [9.17, 15) is 0 Å². The average Bonchev–Trinajstić information content (AvgIpc) is 3.29. The molecule has 0 amide bonds. The molecule has 0 bridgehead atoms. The first-order chi connectivity index (χ1) is 12.1. The van der Waals surface area contributed by atoms with Crippen molar-refractivity contribution in [1.29, 1.82) is 0 Å². The Bertz CT molecular complexity index is 901. The summed E-state index contributed by atoms with van der Waals surface area (Å²) in [5.74, 6) is 0. The van der Waals surface area contributed by atoms with Gasteiger partial charge in [-0.3, -0.25) is 0 Å². The van der Waals surface area contributed by atoms with Crippen LogP contribution in [0.3, 0.4) is 0 Å². The van der Waals surface area contributed by atoms with Gasteiger partial charge in [-0.1, -0.05) is 23.7 Å². The van der Waals surface area contributed by atoms with Gasteiger partial charge in [-0.05, 0) is 60.4 Å². The second-order valence-electron chi connectivity index (χ2n) is 6.08. The number of benzene rings is 1. The highest BCUT2D eigenvalue weighted by Gasteiger charge is 2.31. The summed E-state index contributed by atoms with van der Waals surface area (Å²) in [4.78, 5) is 3.57. The van der Waals surface area contributed by atoms with Crippen LogP contribution in [-0.2, 0) is 6.54 Å². The number of thiocarbonyl (C=S) groups is 1. The van der Waals surface area contributed by atoms with E-state index in [1.54, 1.807) is 11.3 Å². The molecule has 1 aromatic carbocycles. The summed E-state index contributed by atoms with van der Waals surface area (Å²) >= 11 is 13.8. The maximum Gasteiger partial charge on any atom is 0.174 e. The van der Waals surface area contributed by atoms with Crippen molar-refractivity contribution in [2.75, 3.05) is 11.9 Å². The van der Waals surface area contributed by atoms with Crippen molar-refractivity contribution in [1.82, 2.24) is 9.47 Å². The lowest BCUT2D eigenvalue weighted by atomic mass is 10.1. The fourth-order valence-electron chi connectivity index (χ4n) is 3.28. The molecule has 1 aliphatic rings. The molecule has 1 atom stereocenters. The first-order valence-corrected chi connectivity index (χ1v) is 9.83. The molecule has 0 saturated carbocycles. The van der Waals surface area contributed by atoms with Gasteiger partial charge in [-0.15, -0.1) is 11.3 Å². The SMILES string of the molecule is Cc1c(Cl)cccc1NC(=S)N1CCn2cccc2C1c1cccs1. The topological polar surface area (TPSA) is 20.2 Å². The first kappa shape index (κ1) is 16.6. The molecule has 1 unspecified atom stereocenters. The van der Waals surface area contributed by atoms with E-state index in [4.69, 9.17) is 23.8 Å². The second kappa shape index (κ2) is 6.83. The van der Waals surface area contributed by atoms with Gasteiger partial charge in [0.2, 0.25) is 0 Å². The standard InChI is InChI=1S/C19H18ClN3S2/c1-13-14(20)5-2-6-15(13)21-19(24)23-11-10-22-9-3-7-16(22)18(23)17-8-4-12-25-17/h2-9,12,18H,10-11H2,1H3,(H,21,24). The largest absolute Gasteiger partial charge is 0.347 e. The third-order valence-corrected chi connectivity index (χ3v) is 6.29. The average molecular weight is 388 g/mol. The molecule has 128 valence electrons. The number of hydrogen-bond acceptors (Lipinski definition) is 2. The lowest BCUT2D eigenvalue weighted by molar-refractivity contribution is 0.297. The summed E-state index contributed by atoms with van der Waals surface area (Å²) in [7, 11) is 0. The highest BCUT2D eigenvalue weighted by molar-refractivity contribution is 7.80. The minimum absolute atomic E-state index is 0.142. The summed E-state index contributed by atoms with van der Waals surface area (Å²) in [5, 5.41) is 7.00. The van der Waals surface area contributed by atoms with Gasteiger partial charge in [-0.25, -0.2) is 0 Å². The van der Waals surface area contributed by atoms with Gasteiger partial charge in [0.1, 0.15) is 6.04 Å². The Morgan fingerprint density at radius 2 is 2.08 bits per heavy atom. The summed E-state index contributed by atoms with van der Waals surface area (Å²) in [6.07, 6.45) is 2.14. The van der Waals surface area contributed by atoms with Crippen molar-refractivity contribution < 1.29 is 0 Å². The fourth-order valence-corrected chi connectivity index (χ4v) is 4.61. The number of thiophene rings is 1. The van der Waals surface area contributed by atoms with E-state index < -0.39 is 0 Å². The van der Waals surface area contributed by atoms with Crippen LogP contribution in [0, 0.1) is 6.92 Å². The number of nitrogens with one attached hydrogen (secondary N) is 1. The molecule has 0 aliphatic carbocycles. The van der Waals surface area contributed by atoms with E-state index in [1.165, 1.54) is 10.6 Å². The Morgan fingerprint density at radius 1 is 1.20 bits per heavy atom. The van der Waals surface area contributed by atoms with Crippen molar-refractivity contribution in [2.45, 2.75) is 19.5 Å². The predicted molar refractivity (Wildman–Crippen MR) is 110 cm³/mol. The van der Waals surface area contributed by atoms with Crippen LogP contribution < -0.4 is 5.32 Å². The maximum atomic E-state index is 6.25. The van der Waals surface area contributed by atoms with Crippen molar-refractivity contribution >= 4 is 46.0 Å². The van der Waals surface area contributed by atoms with Crippen LogP contribution in [0.4, 0.5) is 5.69 Å². The van der Waals surface area contributed by atoms with Crippen LogP contribution in [0.15, 0.2) is 54.0 Å². The Balaban J connectivity index is 1.66. The Labute approximate surface area is 161 Å². The van der Waals surface area contributed by atoms with Crippen LogP contribution in [-0.4, -0.2) is 21.1 Å². The molecule has 3 nitrogen and oxygen atoms in total. The van der Waals surface area contributed by atoms with Crippen molar-refractivity contribution in [3.8, 4) is 0 Å². The fraction of sp³-hybridized carbons (Fsp3) is 0.211. The number of hydrogen-bond donors (Lipinski definition) is 1. The second-order valence-corrected chi connectivity index (χ2v) is 7.85. The van der Waals surface area contributed by atoms with Crippen LogP contribution >= 0.6 is 35.2 Å². The van der Waals surface area contributed by atoms with E-state index in [0.717, 1.165) is 34.5 Å². The van der Waals surface area contributed by atoms with Gasteiger partial charge in [0.05, 0.1) is 0 Å². The Hall–Kier alpha value is -1.82. The number of halogens is 1. The first-order valence-electron chi connectivity index (χ1n) is 8.16. The zero-order chi connectivity index (χ0) is 17.4. The zero-order valence-corrected chi connectivity index (χ0v) is 16.2. The van der Waals surface area contributed by atoms with E-state index in [2.05, 4.69) is 50.6 Å². The Morgan fingerprint density at radius 3 is 2.88 bits per heavy atom. The van der Waals surface area contributed by atoms with E-state index in [0.29, 0.717) is 0 Å². The number of fused-ring (bicyclic) bond motifs is 1. The molecule has 0 radical (unpaired) electrons. The molecule has 25 heavy (non-hydrogen) atoms. The van der Waals surface area contributed by atoms with Gasteiger partial charge in [0.15, 0.2) is 5.11 Å². The third kappa shape index (κ3) is 3.08. The number of aromatic nitrogens is 1. The number of rotatable bonds is 2. The molecular formula is C19H18ClN3S2. The van der Waals surface area contributed by atoms with Gasteiger partial charge < -0.3 is 14.8 Å². The third-order valence-electron chi connectivity index (χ3n) is 4.62. The number of nitrogens with zero attached hydrogens (tertiary/aromatic N) is 2. The molecule has 3 heterocycles. The van der Waals surface area contributed by atoms with Gasteiger partial charge in [0.25, 0.3) is 0 Å². The van der Waals surface area contributed by atoms with Crippen LogP contribution in [0.2, 0.25) is 5.02 Å². The highest BCUT2D eigenvalue weighted by Crippen LogP contribution is 2.35. The predicted octanol–water partition coefficient (Wildman–Crippen LogP) is 5.31. The number of anilines is 1. The van der Waals surface area contributed by atoms with Crippen molar-refractivity contribution in [3.63, 3.8) is 0 Å². The summed E-state index contributed by atoms with van der Waals surface area (Å²) in [6.45, 7) is 3.81. The molecule has 6 heteroatoms. The Kier molecular flexibility index (Phi) is 4.54. The van der Waals surface area contributed by atoms with E-state index in [-0.39, 0.29) is 6.04 Å².